The molecule has 136 valence electrons. The Bertz CT molecular complexity index is 806. The van der Waals surface area contributed by atoms with Crippen LogP contribution in [0.25, 0.3) is 16.9 Å². The van der Waals surface area contributed by atoms with Crippen molar-refractivity contribution in [3.8, 4) is 11.3 Å². The van der Waals surface area contributed by atoms with Crippen molar-refractivity contribution < 1.29 is 4.42 Å². The Hall–Kier alpha value is -1.94. The first-order valence-corrected chi connectivity index (χ1v) is 8.79. The van der Waals surface area contributed by atoms with Gasteiger partial charge in [-0.2, -0.15) is 0 Å². The number of aryl methyl sites for hydroxylation is 1. The molecule has 25 heavy (non-hydrogen) atoms. The van der Waals surface area contributed by atoms with E-state index in [4.69, 9.17) is 9.40 Å². The SMILES string of the molecule is CCCCCC(C)(C)Nc1c(-c2ccoc2)nc2cc(C)ccn12.Cl. The van der Waals surface area contributed by atoms with Gasteiger partial charge in [0.15, 0.2) is 0 Å². The van der Waals surface area contributed by atoms with Crippen LogP contribution in [-0.2, 0) is 0 Å². The zero-order chi connectivity index (χ0) is 17.2. The summed E-state index contributed by atoms with van der Waals surface area (Å²) in [5.74, 6) is 1.04. The molecule has 0 spiro atoms. The Morgan fingerprint density at radius 2 is 2.04 bits per heavy atom. The summed E-state index contributed by atoms with van der Waals surface area (Å²) in [5.41, 5.74) is 4.12. The summed E-state index contributed by atoms with van der Waals surface area (Å²) in [6, 6.07) is 6.19. The Morgan fingerprint density at radius 3 is 2.72 bits per heavy atom. The van der Waals surface area contributed by atoms with Gasteiger partial charge in [0.2, 0.25) is 0 Å². The second-order valence-corrected chi connectivity index (χ2v) is 7.22. The second kappa shape index (κ2) is 7.96. The highest BCUT2D eigenvalue weighted by Gasteiger charge is 2.23. The molecule has 0 amide bonds. The molecule has 3 heterocycles. The highest BCUT2D eigenvalue weighted by molar-refractivity contribution is 5.85. The van der Waals surface area contributed by atoms with Gasteiger partial charge in [-0.1, -0.05) is 26.2 Å². The summed E-state index contributed by atoms with van der Waals surface area (Å²) in [6.07, 6.45) is 10.4. The van der Waals surface area contributed by atoms with Gasteiger partial charge in [0.05, 0.1) is 12.5 Å². The molecule has 4 nitrogen and oxygen atoms in total. The standard InChI is InChI=1S/C20H27N3O.ClH/c1-5-6-7-10-20(3,4)22-19-18(16-9-12-24-14-16)21-17-13-15(2)8-11-23(17)19;/h8-9,11-14,22H,5-7,10H2,1-4H3;1H. The Morgan fingerprint density at radius 1 is 1.24 bits per heavy atom. The zero-order valence-electron chi connectivity index (χ0n) is 15.5. The molecular formula is C20H28ClN3O. The molecule has 3 aromatic rings. The number of nitrogens with zero attached hydrogens (tertiary/aromatic N) is 2. The van der Waals surface area contributed by atoms with Crippen LogP contribution in [0.3, 0.4) is 0 Å². The maximum Gasteiger partial charge on any atom is 0.139 e. The number of pyridine rings is 1. The smallest absolute Gasteiger partial charge is 0.139 e. The normalized spacial score (nSPS) is 11.5. The minimum absolute atomic E-state index is 0. The third-order valence-corrected chi connectivity index (χ3v) is 4.44. The maximum absolute atomic E-state index is 5.28. The molecule has 3 aromatic heterocycles. The van der Waals surface area contributed by atoms with E-state index in [0.717, 1.165) is 29.1 Å². The zero-order valence-corrected chi connectivity index (χ0v) is 16.3. The van der Waals surface area contributed by atoms with Gasteiger partial charge in [-0.25, -0.2) is 4.98 Å². The largest absolute Gasteiger partial charge is 0.472 e. The van der Waals surface area contributed by atoms with Gasteiger partial charge in [-0.05, 0) is 51.0 Å². The van der Waals surface area contributed by atoms with Crippen LogP contribution in [0.5, 0.6) is 0 Å². The number of imidazole rings is 1. The monoisotopic (exact) mass is 361 g/mol. The number of hydrogen-bond donors (Lipinski definition) is 1. The topological polar surface area (TPSA) is 42.5 Å². The fourth-order valence-electron chi connectivity index (χ4n) is 3.07. The minimum atomic E-state index is 0. The number of unbranched alkanes of at least 4 members (excludes halogenated alkanes) is 2. The second-order valence-electron chi connectivity index (χ2n) is 7.22. The van der Waals surface area contributed by atoms with Crippen molar-refractivity contribution in [1.82, 2.24) is 9.38 Å². The molecule has 0 atom stereocenters. The van der Waals surface area contributed by atoms with Crippen molar-refractivity contribution in [3.63, 3.8) is 0 Å². The number of furan rings is 1. The van der Waals surface area contributed by atoms with Crippen LogP contribution in [0, 0.1) is 6.92 Å². The molecule has 0 fully saturated rings. The molecule has 1 N–H and O–H groups in total. The van der Waals surface area contributed by atoms with E-state index in [1.165, 1.54) is 24.8 Å². The van der Waals surface area contributed by atoms with E-state index < -0.39 is 0 Å². The van der Waals surface area contributed by atoms with Crippen LogP contribution in [-0.4, -0.2) is 14.9 Å². The van der Waals surface area contributed by atoms with Crippen molar-refractivity contribution in [1.29, 1.82) is 0 Å². The summed E-state index contributed by atoms with van der Waals surface area (Å²) in [6.45, 7) is 8.85. The average Bonchev–Trinajstić information content (AvgIpc) is 3.15. The number of nitrogens with one attached hydrogen (secondary N) is 1. The fourth-order valence-corrected chi connectivity index (χ4v) is 3.07. The molecular weight excluding hydrogens is 334 g/mol. The van der Waals surface area contributed by atoms with E-state index in [1.54, 1.807) is 12.5 Å². The first-order valence-electron chi connectivity index (χ1n) is 8.79. The van der Waals surface area contributed by atoms with Crippen LogP contribution < -0.4 is 5.32 Å². The van der Waals surface area contributed by atoms with E-state index in [-0.39, 0.29) is 17.9 Å². The summed E-state index contributed by atoms with van der Waals surface area (Å²) < 4.78 is 7.41. The lowest BCUT2D eigenvalue weighted by molar-refractivity contribution is 0.482. The number of anilines is 1. The van der Waals surface area contributed by atoms with Gasteiger partial charge < -0.3 is 9.73 Å². The van der Waals surface area contributed by atoms with Gasteiger partial charge in [0, 0.05) is 17.3 Å². The highest BCUT2D eigenvalue weighted by Crippen LogP contribution is 2.32. The molecule has 5 heteroatoms. The van der Waals surface area contributed by atoms with Crippen LogP contribution in [0.15, 0.2) is 41.3 Å². The molecule has 0 radical (unpaired) electrons. The molecule has 0 aliphatic carbocycles. The quantitative estimate of drug-likeness (QED) is 0.517. The number of fused-ring (bicyclic) bond motifs is 1. The lowest BCUT2D eigenvalue weighted by Gasteiger charge is -2.27. The minimum Gasteiger partial charge on any atom is -0.472 e. The van der Waals surface area contributed by atoms with E-state index >= 15 is 0 Å². The first kappa shape index (κ1) is 19.4. The lowest BCUT2D eigenvalue weighted by Crippen LogP contribution is -2.31. The summed E-state index contributed by atoms with van der Waals surface area (Å²) >= 11 is 0. The van der Waals surface area contributed by atoms with Crippen molar-refractivity contribution in [3.05, 3.63) is 42.5 Å². The van der Waals surface area contributed by atoms with Crippen molar-refractivity contribution >= 4 is 23.9 Å². The molecule has 3 rings (SSSR count). The summed E-state index contributed by atoms with van der Waals surface area (Å²) in [5, 5.41) is 3.74. The van der Waals surface area contributed by atoms with E-state index in [2.05, 4.69) is 55.7 Å². The fraction of sp³-hybridized carbons (Fsp3) is 0.450. The number of aromatic nitrogens is 2. The van der Waals surface area contributed by atoms with Gasteiger partial charge in [-0.15, -0.1) is 12.4 Å². The average molecular weight is 362 g/mol. The van der Waals surface area contributed by atoms with E-state index in [1.807, 2.05) is 6.07 Å². The predicted molar refractivity (Wildman–Crippen MR) is 107 cm³/mol. The summed E-state index contributed by atoms with van der Waals surface area (Å²) in [4.78, 5) is 4.84. The third kappa shape index (κ3) is 4.37. The van der Waals surface area contributed by atoms with Crippen LogP contribution in [0.4, 0.5) is 5.82 Å². The number of halogens is 1. The van der Waals surface area contributed by atoms with Crippen molar-refractivity contribution in [2.45, 2.75) is 58.9 Å². The van der Waals surface area contributed by atoms with Gasteiger partial charge in [0.1, 0.15) is 17.2 Å². The van der Waals surface area contributed by atoms with E-state index in [0.29, 0.717) is 0 Å². The number of rotatable bonds is 7. The molecule has 0 unspecified atom stereocenters. The Kier molecular flexibility index (Phi) is 6.17. The van der Waals surface area contributed by atoms with Crippen molar-refractivity contribution in [2.24, 2.45) is 0 Å². The van der Waals surface area contributed by atoms with E-state index in [9.17, 15) is 0 Å². The molecule has 0 aromatic carbocycles. The van der Waals surface area contributed by atoms with Crippen LogP contribution in [0.2, 0.25) is 0 Å². The van der Waals surface area contributed by atoms with Crippen LogP contribution in [0.1, 0.15) is 52.0 Å². The van der Waals surface area contributed by atoms with Gasteiger partial charge in [-0.3, -0.25) is 4.40 Å². The molecule has 0 bridgehead atoms. The Balaban J connectivity index is 0.00000225. The van der Waals surface area contributed by atoms with Gasteiger partial charge >= 0.3 is 0 Å². The van der Waals surface area contributed by atoms with Gasteiger partial charge in [0.25, 0.3) is 0 Å². The lowest BCUT2D eigenvalue weighted by atomic mass is 9.96. The molecule has 0 saturated carbocycles. The van der Waals surface area contributed by atoms with Crippen LogP contribution >= 0.6 is 12.4 Å². The maximum atomic E-state index is 5.28. The number of hydrogen-bond acceptors (Lipinski definition) is 3. The van der Waals surface area contributed by atoms with Crippen molar-refractivity contribution in [2.75, 3.05) is 5.32 Å². The molecule has 0 aliphatic heterocycles. The highest BCUT2D eigenvalue weighted by atomic mass is 35.5. The molecule has 0 saturated heterocycles. The third-order valence-electron chi connectivity index (χ3n) is 4.44. The summed E-state index contributed by atoms with van der Waals surface area (Å²) in [7, 11) is 0. The molecule has 0 aliphatic rings. The first-order chi connectivity index (χ1) is 11.5. The Labute approximate surface area is 156 Å². The predicted octanol–water partition coefficient (Wildman–Crippen LogP) is 6.10.